The minimum Gasteiger partial charge on any atom is -0.484 e. The quantitative estimate of drug-likeness (QED) is 0.409. The van der Waals surface area contributed by atoms with E-state index in [-0.39, 0.29) is 25.1 Å². The predicted molar refractivity (Wildman–Crippen MR) is 137 cm³/mol. The Kier molecular flexibility index (Phi) is 8.96. The molecule has 0 saturated carbocycles. The molecule has 1 N–H and O–H groups in total. The van der Waals surface area contributed by atoms with Crippen LogP contribution >= 0.6 is 11.6 Å². The summed E-state index contributed by atoms with van der Waals surface area (Å²) in [6.07, 6.45) is 2.88. The number of hydrogen-bond donors (Lipinski definition) is 1. The molecule has 0 heterocycles. The molecular formula is C26H29ClN2O4S. The molecule has 6 nitrogen and oxygen atoms in total. The minimum absolute atomic E-state index is 0.0230. The normalized spacial score (nSPS) is 12.1. The summed E-state index contributed by atoms with van der Waals surface area (Å²) in [5.74, 6) is 0.279. The first-order chi connectivity index (χ1) is 16.2. The molecule has 3 aromatic carbocycles. The number of halogens is 1. The smallest absolute Gasteiger partial charge is 0.258 e. The van der Waals surface area contributed by atoms with E-state index in [2.05, 4.69) is 17.4 Å². The van der Waals surface area contributed by atoms with Crippen LogP contribution in [0.4, 0.5) is 5.69 Å². The van der Waals surface area contributed by atoms with Crippen molar-refractivity contribution in [1.29, 1.82) is 0 Å². The van der Waals surface area contributed by atoms with Gasteiger partial charge in [0.1, 0.15) is 5.75 Å². The number of rotatable bonds is 11. The number of anilines is 1. The van der Waals surface area contributed by atoms with Crippen LogP contribution in [0.25, 0.3) is 0 Å². The Morgan fingerprint density at radius 1 is 0.971 bits per heavy atom. The molecule has 0 aliphatic carbocycles. The molecule has 180 valence electrons. The number of hydrogen-bond acceptors (Lipinski definition) is 4. The van der Waals surface area contributed by atoms with E-state index in [1.54, 1.807) is 48.5 Å². The molecule has 34 heavy (non-hydrogen) atoms. The van der Waals surface area contributed by atoms with Crippen molar-refractivity contribution >= 4 is 33.2 Å². The molecule has 0 aromatic heterocycles. The van der Waals surface area contributed by atoms with Gasteiger partial charge in [0.05, 0.1) is 18.5 Å². The number of benzene rings is 3. The van der Waals surface area contributed by atoms with Crippen molar-refractivity contribution in [1.82, 2.24) is 5.32 Å². The van der Waals surface area contributed by atoms with Gasteiger partial charge in [-0.05, 0) is 67.3 Å². The van der Waals surface area contributed by atoms with Gasteiger partial charge in [0.15, 0.2) is 6.61 Å². The average molecular weight is 501 g/mol. The fourth-order valence-electron chi connectivity index (χ4n) is 3.43. The first kappa shape index (κ1) is 25.6. The fourth-order valence-corrected chi connectivity index (χ4v) is 4.44. The third-order valence-corrected chi connectivity index (χ3v) is 6.64. The Labute approximate surface area is 206 Å². The van der Waals surface area contributed by atoms with Gasteiger partial charge in [-0.1, -0.05) is 54.1 Å². The van der Waals surface area contributed by atoms with Crippen LogP contribution in [0.3, 0.4) is 0 Å². The second kappa shape index (κ2) is 11.9. The lowest BCUT2D eigenvalue weighted by Crippen LogP contribution is -2.36. The first-order valence-corrected chi connectivity index (χ1v) is 13.2. The molecule has 0 radical (unpaired) electrons. The summed E-state index contributed by atoms with van der Waals surface area (Å²) in [4.78, 5) is 12.2. The van der Waals surface area contributed by atoms with Gasteiger partial charge < -0.3 is 10.1 Å². The molecule has 0 aliphatic rings. The first-order valence-electron chi connectivity index (χ1n) is 11.0. The van der Waals surface area contributed by atoms with E-state index in [1.807, 2.05) is 25.1 Å². The van der Waals surface area contributed by atoms with Gasteiger partial charge in [0.2, 0.25) is 10.0 Å². The molecule has 0 bridgehead atoms. The van der Waals surface area contributed by atoms with Crippen LogP contribution in [0, 0.1) is 0 Å². The Hall–Kier alpha value is -3.03. The van der Waals surface area contributed by atoms with E-state index < -0.39 is 10.0 Å². The van der Waals surface area contributed by atoms with Gasteiger partial charge in [-0.3, -0.25) is 9.10 Å². The van der Waals surface area contributed by atoms with Gasteiger partial charge in [0.25, 0.3) is 5.91 Å². The van der Waals surface area contributed by atoms with Crippen LogP contribution in [0.1, 0.15) is 24.5 Å². The predicted octanol–water partition coefficient (Wildman–Crippen LogP) is 4.82. The molecule has 3 aromatic rings. The number of aryl methyl sites for hydroxylation is 1. The minimum atomic E-state index is -3.51. The maximum Gasteiger partial charge on any atom is 0.258 e. The maximum absolute atomic E-state index is 12.4. The lowest BCUT2D eigenvalue weighted by molar-refractivity contribution is -0.123. The van der Waals surface area contributed by atoms with Gasteiger partial charge in [-0.25, -0.2) is 8.42 Å². The molecule has 1 atom stereocenters. The largest absolute Gasteiger partial charge is 0.484 e. The van der Waals surface area contributed by atoms with Gasteiger partial charge in [-0.15, -0.1) is 0 Å². The number of ether oxygens (including phenoxy) is 1. The second-order valence-electron chi connectivity index (χ2n) is 8.17. The van der Waals surface area contributed by atoms with E-state index in [0.717, 1.165) is 24.7 Å². The third-order valence-electron chi connectivity index (χ3n) is 5.25. The van der Waals surface area contributed by atoms with E-state index in [1.165, 1.54) is 9.87 Å². The van der Waals surface area contributed by atoms with E-state index in [4.69, 9.17) is 16.3 Å². The monoisotopic (exact) mass is 500 g/mol. The molecule has 0 fully saturated rings. The number of nitrogens with one attached hydrogen (secondary N) is 1. The topological polar surface area (TPSA) is 75.7 Å². The maximum atomic E-state index is 12.4. The van der Waals surface area contributed by atoms with Crippen LogP contribution in [-0.2, 0) is 27.8 Å². The van der Waals surface area contributed by atoms with Crippen molar-refractivity contribution < 1.29 is 17.9 Å². The Bertz CT molecular complexity index is 1170. The van der Waals surface area contributed by atoms with Crippen LogP contribution in [0.2, 0.25) is 5.02 Å². The summed E-state index contributed by atoms with van der Waals surface area (Å²) in [6.45, 7) is 2.03. The fraction of sp³-hybridized carbons (Fsp3) is 0.269. The Morgan fingerprint density at radius 3 is 2.24 bits per heavy atom. The summed E-state index contributed by atoms with van der Waals surface area (Å²) in [5.41, 5.74) is 2.55. The summed E-state index contributed by atoms with van der Waals surface area (Å²) in [6, 6.07) is 23.8. The Balaban J connectivity index is 1.52. The number of carbonyl (C=O) groups is 1. The Morgan fingerprint density at radius 2 is 1.62 bits per heavy atom. The molecule has 0 spiro atoms. The standard InChI is InChI=1S/C26H29ClN2O4S/c1-20(8-9-21-6-4-3-5-7-21)28-26(30)19-33-25-16-14-24(15-17-25)29(34(2,31)32)18-22-10-12-23(27)13-11-22/h3-7,10-17,20H,8-9,18-19H2,1-2H3,(H,28,30)/t20-/m0/s1. The van der Waals surface area contributed by atoms with Crippen LogP contribution in [0.5, 0.6) is 5.75 Å². The van der Waals surface area contributed by atoms with Crippen molar-refractivity contribution in [3.05, 3.63) is 95.0 Å². The molecular weight excluding hydrogens is 472 g/mol. The van der Waals surface area contributed by atoms with Crippen molar-refractivity contribution in [3.63, 3.8) is 0 Å². The zero-order valence-electron chi connectivity index (χ0n) is 19.3. The molecule has 8 heteroatoms. The van der Waals surface area contributed by atoms with E-state index >= 15 is 0 Å². The molecule has 3 rings (SSSR count). The zero-order chi connectivity index (χ0) is 24.6. The van der Waals surface area contributed by atoms with Crippen molar-refractivity contribution in [2.75, 3.05) is 17.2 Å². The lowest BCUT2D eigenvalue weighted by Gasteiger charge is -2.23. The van der Waals surface area contributed by atoms with Gasteiger partial charge >= 0.3 is 0 Å². The molecule has 0 aliphatic heterocycles. The van der Waals surface area contributed by atoms with Gasteiger partial charge in [-0.2, -0.15) is 0 Å². The highest BCUT2D eigenvalue weighted by Crippen LogP contribution is 2.24. The van der Waals surface area contributed by atoms with Crippen LogP contribution in [0.15, 0.2) is 78.9 Å². The van der Waals surface area contributed by atoms with Crippen LogP contribution in [-0.4, -0.2) is 33.2 Å². The highest BCUT2D eigenvalue weighted by molar-refractivity contribution is 7.92. The van der Waals surface area contributed by atoms with Crippen molar-refractivity contribution in [2.45, 2.75) is 32.4 Å². The number of amides is 1. The molecule has 0 unspecified atom stereocenters. The second-order valence-corrected chi connectivity index (χ2v) is 10.5. The van der Waals surface area contributed by atoms with Crippen molar-refractivity contribution in [3.8, 4) is 5.75 Å². The number of nitrogens with zero attached hydrogens (tertiary/aromatic N) is 1. The summed E-state index contributed by atoms with van der Waals surface area (Å²) >= 11 is 5.92. The van der Waals surface area contributed by atoms with E-state index in [9.17, 15) is 13.2 Å². The van der Waals surface area contributed by atoms with Crippen LogP contribution < -0.4 is 14.4 Å². The molecule has 0 saturated heterocycles. The van der Waals surface area contributed by atoms with E-state index in [0.29, 0.717) is 16.5 Å². The summed E-state index contributed by atoms with van der Waals surface area (Å²) in [5, 5.41) is 3.53. The molecule has 1 amide bonds. The van der Waals surface area contributed by atoms with Gasteiger partial charge in [0, 0.05) is 11.1 Å². The summed E-state index contributed by atoms with van der Waals surface area (Å²) in [7, 11) is -3.51. The SMILES string of the molecule is C[C@@H](CCc1ccccc1)NC(=O)COc1ccc(N(Cc2ccc(Cl)cc2)S(C)(=O)=O)cc1. The third kappa shape index (κ3) is 8.08. The number of carbonyl (C=O) groups excluding carboxylic acids is 1. The number of sulfonamides is 1. The zero-order valence-corrected chi connectivity index (χ0v) is 20.9. The average Bonchev–Trinajstić information content (AvgIpc) is 2.81. The van der Waals surface area contributed by atoms with Crippen molar-refractivity contribution in [2.24, 2.45) is 0 Å². The summed E-state index contributed by atoms with van der Waals surface area (Å²) < 4.78 is 31.6. The lowest BCUT2D eigenvalue weighted by atomic mass is 10.1. The highest BCUT2D eigenvalue weighted by atomic mass is 35.5. The highest BCUT2D eigenvalue weighted by Gasteiger charge is 2.18.